The third-order valence-electron chi connectivity index (χ3n) is 3.11. The van der Waals surface area contributed by atoms with E-state index < -0.39 is 34.7 Å². The van der Waals surface area contributed by atoms with Crippen molar-refractivity contribution in [1.82, 2.24) is 4.90 Å². The van der Waals surface area contributed by atoms with Gasteiger partial charge in [0, 0.05) is 19.1 Å². The first kappa shape index (κ1) is 16.6. The van der Waals surface area contributed by atoms with Gasteiger partial charge in [0.15, 0.2) is 17.4 Å². The topological polar surface area (TPSA) is 66.6 Å². The Labute approximate surface area is 119 Å². The molecular formula is C12H14ClF3N2O2. The zero-order valence-electron chi connectivity index (χ0n) is 10.4. The zero-order chi connectivity index (χ0) is 14.2. The molecule has 1 saturated heterocycles. The molecule has 1 fully saturated rings. The molecule has 0 spiro atoms. The molecule has 1 aromatic carbocycles. The van der Waals surface area contributed by atoms with Crippen LogP contribution in [0.3, 0.4) is 0 Å². The van der Waals surface area contributed by atoms with Crippen molar-refractivity contribution in [3.63, 3.8) is 0 Å². The van der Waals surface area contributed by atoms with Crippen LogP contribution in [0.4, 0.5) is 13.2 Å². The van der Waals surface area contributed by atoms with E-state index in [2.05, 4.69) is 0 Å². The lowest BCUT2D eigenvalue weighted by Gasteiger charge is -2.30. The maximum absolute atomic E-state index is 13.6. The number of amides is 1. The Balaban J connectivity index is 0.00000200. The van der Waals surface area contributed by atoms with Crippen molar-refractivity contribution in [2.75, 3.05) is 13.1 Å². The van der Waals surface area contributed by atoms with Gasteiger partial charge in [-0.3, -0.25) is 4.79 Å². The largest absolute Gasteiger partial charge is 0.503 e. The average molecular weight is 311 g/mol. The first-order chi connectivity index (χ1) is 8.91. The Kier molecular flexibility index (Phi) is 5.24. The number of rotatable bonds is 1. The number of piperidine rings is 1. The van der Waals surface area contributed by atoms with Crippen molar-refractivity contribution in [2.45, 2.75) is 18.9 Å². The minimum Gasteiger partial charge on any atom is -0.503 e. The van der Waals surface area contributed by atoms with Crippen molar-refractivity contribution < 1.29 is 23.1 Å². The third-order valence-corrected chi connectivity index (χ3v) is 3.11. The van der Waals surface area contributed by atoms with Crippen molar-refractivity contribution in [3.05, 3.63) is 29.1 Å². The summed E-state index contributed by atoms with van der Waals surface area (Å²) in [4.78, 5) is 13.3. The van der Waals surface area contributed by atoms with Crippen LogP contribution < -0.4 is 5.73 Å². The molecule has 1 aromatic rings. The van der Waals surface area contributed by atoms with E-state index in [4.69, 9.17) is 10.8 Å². The lowest BCUT2D eigenvalue weighted by Crippen LogP contribution is -2.46. The second-order valence-corrected chi connectivity index (χ2v) is 4.54. The van der Waals surface area contributed by atoms with Crippen molar-refractivity contribution in [3.8, 4) is 5.75 Å². The number of carbonyl (C=O) groups excluding carboxylic acids is 1. The van der Waals surface area contributed by atoms with Crippen LogP contribution >= 0.6 is 12.4 Å². The van der Waals surface area contributed by atoms with Gasteiger partial charge in [-0.25, -0.2) is 8.78 Å². The van der Waals surface area contributed by atoms with Gasteiger partial charge < -0.3 is 15.7 Å². The average Bonchev–Trinajstić information content (AvgIpc) is 2.40. The molecule has 2 rings (SSSR count). The highest BCUT2D eigenvalue weighted by atomic mass is 35.5. The van der Waals surface area contributed by atoms with Gasteiger partial charge in [0.2, 0.25) is 5.82 Å². The van der Waals surface area contributed by atoms with E-state index in [0.29, 0.717) is 19.0 Å². The highest BCUT2D eigenvalue weighted by Crippen LogP contribution is 2.27. The fraction of sp³-hybridized carbons (Fsp3) is 0.417. The monoisotopic (exact) mass is 310 g/mol. The number of phenolic OH excluding ortho intramolecular Hbond substituents is 1. The normalized spacial score (nSPS) is 18.6. The van der Waals surface area contributed by atoms with E-state index in [0.717, 1.165) is 6.42 Å². The quantitative estimate of drug-likeness (QED) is 0.777. The Hall–Kier alpha value is -1.47. The predicted molar refractivity (Wildman–Crippen MR) is 68.3 cm³/mol. The summed E-state index contributed by atoms with van der Waals surface area (Å²) < 4.78 is 39.7. The molecule has 8 heteroatoms. The van der Waals surface area contributed by atoms with Gasteiger partial charge in [-0.2, -0.15) is 4.39 Å². The fourth-order valence-electron chi connectivity index (χ4n) is 2.11. The number of nitrogens with zero attached hydrogens (tertiary/aromatic N) is 1. The molecule has 1 atom stereocenters. The first-order valence-electron chi connectivity index (χ1n) is 5.83. The van der Waals surface area contributed by atoms with Crippen molar-refractivity contribution >= 4 is 18.3 Å². The fourth-order valence-corrected chi connectivity index (χ4v) is 2.11. The minimum absolute atomic E-state index is 0. The molecule has 1 aliphatic rings. The van der Waals surface area contributed by atoms with Crippen LogP contribution in [-0.4, -0.2) is 35.0 Å². The Bertz CT molecular complexity index is 528. The summed E-state index contributed by atoms with van der Waals surface area (Å²) in [6.45, 7) is 0.587. The smallest absolute Gasteiger partial charge is 0.257 e. The van der Waals surface area contributed by atoms with Crippen LogP contribution in [0, 0.1) is 17.5 Å². The zero-order valence-corrected chi connectivity index (χ0v) is 11.2. The number of hydrogen-bond acceptors (Lipinski definition) is 3. The van der Waals surface area contributed by atoms with Gasteiger partial charge in [0.05, 0.1) is 5.56 Å². The molecule has 1 aliphatic heterocycles. The highest BCUT2D eigenvalue weighted by Gasteiger charge is 2.28. The number of aromatic hydroxyl groups is 1. The molecule has 4 nitrogen and oxygen atoms in total. The molecule has 0 bridgehead atoms. The molecule has 0 saturated carbocycles. The molecule has 3 N–H and O–H groups in total. The second-order valence-electron chi connectivity index (χ2n) is 4.54. The summed E-state index contributed by atoms with van der Waals surface area (Å²) in [5, 5.41) is 9.08. The molecule has 0 unspecified atom stereocenters. The number of phenols is 1. The summed E-state index contributed by atoms with van der Waals surface area (Å²) in [6.07, 6.45) is 1.40. The van der Waals surface area contributed by atoms with E-state index in [1.54, 1.807) is 0 Å². The number of nitrogens with two attached hydrogens (primary N) is 1. The Morgan fingerprint density at radius 3 is 2.60 bits per heavy atom. The predicted octanol–water partition coefficient (Wildman–Crippen LogP) is 1.79. The van der Waals surface area contributed by atoms with Crippen LogP contribution in [0.25, 0.3) is 0 Å². The molecule has 112 valence electrons. The summed E-state index contributed by atoms with van der Waals surface area (Å²) >= 11 is 0. The summed E-state index contributed by atoms with van der Waals surface area (Å²) in [7, 11) is 0. The van der Waals surface area contributed by atoms with Crippen LogP contribution in [0.2, 0.25) is 0 Å². The SMILES string of the molecule is Cl.N[C@@H]1CCCN(C(=O)c2cc(F)c(F)c(O)c2F)C1. The Morgan fingerprint density at radius 2 is 2.00 bits per heavy atom. The first-order valence-corrected chi connectivity index (χ1v) is 5.83. The van der Waals surface area contributed by atoms with Gasteiger partial charge in [0.1, 0.15) is 0 Å². The van der Waals surface area contributed by atoms with Crippen LogP contribution in [0.15, 0.2) is 6.07 Å². The maximum Gasteiger partial charge on any atom is 0.257 e. The highest BCUT2D eigenvalue weighted by molar-refractivity contribution is 5.95. The molecule has 0 radical (unpaired) electrons. The summed E-state index contributed by atoms with van der Waals surface area (Å²) in [5.74, 6) is -6.91. The van der Waals surface area contributed by atoms with Gasteiger partial charge >= 0.3 is 0 Å². The maximum atomic E-state index is 13.6. The second kappa shape index (κ2) is 6.32. The molecule has 0 aromatic heterocycles. The van der Waals surface area contributed by atoms with E-state index >= 15 is 0 Å². The minimum atomic E-state index is -1.70. The van der Waals surface area contributed by atoms with Gasteiger partial charge in [-0.15, -0.1) is 12.4 Å². The summed E-state index contributed by atoms with van der Waals surface area (Å²) in [6, 6.07) is 0.229. The van der Waals surface area contributed by atoms with E-state index in [9.17, 15) is 18.0 Å². The Morgan fingerprint density at radius 1 is 1.35 bits per heavy atom. The van der Waals surface area contributed by atoms with Crippen molar-refractivity contribution in [2.24, 2.45) is 5.73 Å². The third kappa shape index (κ3) is 2.99. The standard InChI is InChI=1S/C12H13F3N2O2.ClH/c13-8-4-7(9(14)11(18)10(8)15)12(19)17-3-1-2-6(16)5-17;/h4,6,18H,1-3,5,16H2;1H/t6-;/m1./s1. The lowest BCUT2D eigenvalue weighted by atomic mass is 10.0. The van der Waals surface area contributed by atoms with E-state index in [1.165, 1.54) is 4.90 Å². The van der Waals surface area contributed by atoms with Crippen LogP contribution in [0.1, 0.15) is 23.2 Å². The summed E-state index contributed by atoms with van der Waals surface area (Å²) in [5.41, 5.74) is 5.00. The lowest BCUT2D eigenvalue weighted by molar-refractivity contribution is 0.0702. The molecule has 0 aliphatic carbocycles. The molecular weight excluding hydrogens is 297 g/mol. The molecule has 1 heterocycles. The van der Waals surface area contributed by atoms with Gasteiger partial charge in [0.25, 0.3) is 5.91 Å². The number of halogens is 4. The van der Waals surface area contributed by atoms with Crippen LogP contribution in [-0.2, 0) is 0 Å². The number of likely N-dealkylation sites (tertiary alicyclic amines) is 1. The van der Waals surface area contributed by atoms with Gasteiger partial charge in [-0.05, 0) is 18.9 Å². The van der Waals surface area contributed by atoms with E-state index in [1.807, 2.05) is 0 Å². The van der Waals surface area contributed by atoms with Gasteiger partial charge in [-0.1, -0.05) is 0 Å². The van der Waals surface area contributed by atoms with Crippen LogP contribution in [0.5, 0.6) is 5.75 Å². The number of hydrogen-bond donors (Lipinski definition) is 2. The molecule has 1 amide bonds. The van der Waals surface area contributed by atoms with Crippen molar-refractivity contribution in [1.29, 1.82) is 0 Å². The molecule has 20 heavy (non-hydrogen) atoms. The number of benzene rings is 1. The number of carbonyl (C=O) groups is 1. The van der Waals surface area contributed by atoms with E-state index in [-0.39, 0.29) is 25.0 Å².